The van der Waals surface area contributed by atoms with Gasteiger partial charge in [-0.3, -0.25) is 9.59 Å². The number of aliphatic hydroxyl groups excluding tert-OH is 1. The van der Waals surface area contributed by atoms with Crippen molar-refractivity contribution in [2.75, 3.05) is 6.61 Å². The molecule has 2 aromatic carbocycles. The van der Waals surface area contributed by atoms with E-state index in [1.54, 1.807) is 48.5 Å². The Labute approximate surface area is 230 Å². The van der Waals surface area contributed by atoms with Crippen molar-refractivity contribution >= 4 is 30.2 Å². The average Bonchev–Trinajstić information content (AvgIpc) is 3.68. The minimum atomic E-state index is -0.511. The monoisotopic (exact) mass is 550 g/mol. The highest BCUT2D eigenvalue weighted by molar-refractivity contribution is 5.90. The minimum absolute atomic E-state index is 0.0407. The van der Waals surface area contributed by atoms with E-state index in [9.17, 15) is 29.1 Å². The molecule has 0 radical (unpaired) electrons. The zero-order valence-corrected chi connectivity index (χ0v) is 21.6. The van der Waals surface area contributed by atoms with Crippen LogP contribution in [0.3, 0.4) is 0 Å². The molecule has 0 bridgehead atoms. The number of aldehydes is 1. The molecule has 0 amide bonds. The summed E-state index contributed by atoms with van der Waals surface area (Å²) >= 11 is 0. The Hall–Kier alpha value is -4.05. The number of carbonyl (C=O) groups excluding carboxylic acids is 5. The Bertz CT molecular complexity index is 1250. The number of ether oxygens (including phenoxy) is 4. The first-order valence-electron chi connectivity index (χ1n) is 13.3. The van der Waals surface area contributed by atoms with Crippen molar-refractivity contribution in [3.63, 3.8) is 0 Å². The molecule has 4 aliphatic rings. The lowest BCUT2D eigenvalue weighted by Crippen LogP contribution is -2.28. The molecule has 8 atom stereocenters. The normalized spacial score (nSPS) is 31.6. The first-order chi connectivity index (χ1) is 19.4. The summed E-state index contributed by atoms with van der Waals surface area (Å²) in [6, 6.07) is 17.4. The van der Waals surface area contributed by atoms with Crippen molar-refractivity contribution in [3.05, 3.63) is 71.8 Å². The third-order valence-corrected chi connectivity index (χ3v) is 8.11. The Morgan fingerprint density at radius 2 is 1.25 bits per heavy atom. The van der Waals surface area contributed by atoms with Crippen LogP contribution in [0.15, 0.2) is 60.7 Å². The van der Waals surface area contributed by atoms with Gasteiger partial charge in [0.15, 0.2) is 0 Å². The second-order valence-electron chi connectivity index (χ2n) is 10.4. The van der Waals surface area contributed by atoms with Gasteiger partial charge in [0.2, 0.25) is 0 Å². The smallest absolute Gasteiger partial charge is 0.338 e. The number of hydrogen-bond acceptors (Lipinski definition) is 10. The van der Waals surface area contributed by atoms with Gasteiger partial charge >= 0.3 is 23.9 Å². The maximum Gasteiger partial charge on any atom is 0.338 e. The zero-order chi connectivity index (χ0) is 28.2. The number of aliphatic hydroxyl groups is 1. The quantitative estimate of drug-likeness (QED) is 0.324. The molecule has 2 saturated carbocycles. The second kappa shape index (κ2) is 12.0. The van der Waals surface area contributed by atoms with Gasteiger partial charge in [0, 0.05) is 37.2 Å². The summed E-state index contributed by atoms with van der Waals surface area (Å²) in [5, 5.41) is 9.50. The van der Waals surface area contributed by atoms with E-state index in [0.717, 1.165) is 6.29 Å². The van der Waals surface area contributed by atoms with Crippen LogP contribution in [0.1, 0.15) is 46.4 Å². The van der Waals surface area contributed by atoms with Crippen LogP contribution in [-0.4, -0.2) is 66.3 Å². The van der Waals surface area contributed by atoms with Gasteiger partial charge < -0.3 is 28.8 Å². The Morgan fingerprint density at radius 1 is 0.775 bits per heavy atom. The van der Waals surface area contributed by atoms with E-state index in [1.165, 1.54) is 0 Å². The number of benzene rings is 2. The van der Waals surface area contributed by atoms with Crippen molar-refractivity contribution in [2.45, 2.75) is 50.1 Å². The lowest BCUT2D eigenvalue weighted by Gasteiger charge is -2.20. The summed E-state index contributed by atoms with van der Waals surface area (Å²) < 4.78 is 21.2. The van der Waals surface area contributed by atoms with Gasteiger partial charge in [-0.15, -0.1) is 0 Å². The van der Waals surface area contributed by atoms with Crippen LogP contribution >= 0.6 is 0 Å². The number of rotatable bonds is 6. The van der Waals surface area contributed by atoms with Gasteiger partial charge in [0.1, 0.15) is 30.7 Å². The van der Waals surface area contributed by atoms with E-state index in [4.69, 9.17) is 18.9 Å². The Morgan fingerprint density at radius 3 is 1.77 bits per heavy atom. The van der Waals surface area contributed by atoms with Gasteiger partial charge in [-0.05, 0) is 24.3 Å². The largest absolute Gasteiger partial charge is 0.462 e. The molecule has 2 aliphatic heterocycles. The molecule has 2 aromatic rings. The van der Waals surface area contributed by atoms with Crippen molar-refractivity contribution < 1.29 is 48.0 Å². The van der Waals surface area contributed by atoms with Crippen molar-refractivity contribution in [1.82, 2.24) is 0 Å². The Balaban J connectivity index is 0.000000161. The van der Waals surface area contributed by atoms with Crippen LogP contribution in [-0.2, 0) is 33.3 Å². The number of esters is 4. The number of fused-ring (bicyclic) bond motifs is 2. The summed E-state index contributed by atoms with van der Waals surface area (Å²) in [7, 11) is 0. The molecule has 10 heteroatoms. The molecule has 210 valence electrons. The maximum absolute atomic E-state index is 12.0. The minimum Gasteiger partial charge on any atom is -0.462 e. The van der Waals surface area contributed by atoms with Crippen molar-refractivity contribution in [1.29, 1.82) is 0 Å². The summed E-state index contributed by atoms with van der Waals surface area (Å²) in [6.07, 6.45) is 0.746. The van der Waals surface area contributed by atoms with Crippen LogP contribution in [0, 0.1) is 23.7 Å². The molecule has 0 aromatic heterocycles. The average molecular weight is 551 g/mol. The lowest BCUT2D eigenvalue weighted by atomic mass is 9.93. The lowest BCUT2D eigenvalue weighted by molar-refractivity contribution is -0.143. The van der Waals surface area contributed by atoms with E-state index >= 15 is 0 Å². The van der Waals surface area contributed by atoms with Crippen LogP contribution in [0.5, 0.6) is 0 Å². The van der Waals surface area contributed by atoms with E-state index in [2.05, 4.69) is 0 Å². The van der Waals surface area contributed by atoms with Gasteiger partial charge in [0.25, 0.3) is 0 Å². The summed E-state index contributed by atoms with van der Waals surface area (Å²) in [5.74, 6) is -2.24. The summed E-state index contributed by atoms with van der Waals surface area (Å²) in [6.45, 7) is -0.107. The molecule has 0 unspecified atom stereocenters. The molecule has 2 aliphatic carbocycles. The molecule has 4 fully saturated rings. The second-order valence-corrected chi connectivity index (χ2v) is 10.4. The van der Waals surface area contributed by atoms with E-state index in [0.29, 0.717) is 30.4 Å². The molecule has 2 heterocycles. The highest BCUT2D eigenvalue weighted by Gasteiger charge is 2.52. The number of hydrogen-bond donors (Lipinski definition) is 1. The highest BCUT2D eigenvalue weighted by Crippen LogP contribution is 2.43. The maximum atomic E-state index is 12.0. The zero-order valence-electron chi connectivity index (χ0n) is 21.6. The highest BCUT2D eigenvalue weighted by atomic mass is 16.6. The van der Waals surface area contributed by atoms with Crippen molar-refractivity contribution in [3.8, 4) is 0 Å². The summed E-state index contributed by atoms with van der Waals surface area (Å²) in [5.41, 5.74) is 0.935. The van der Waals surface area contributed by atoms with Gasteiger partial charge in [-0.1, -0.05) is 36.4 Å². The molecule has 6 rings (SSSR count). The molecule has 0 spiro atoms. The Kier molecular flexibility index (Phi) is 8.25. The molecule has 2 saturated heterocycles. The van der Waals surface area contributed by atoms with Gasteiger partial charge in [0.05, 0.1) is 29.9 Å². The SMILES string of the molecule is O=C1C[C@@H]2[C@@H](CO)[C@H](OC(=O)c3ccccc3)C[C@@H]2O1.O=C[C@@H]1[C@H]2CC(=O)O[C@H]2C[C@H]1OC(=O)c1ccccc1. The van der Waals surface area contributed by atoms with Gasteiger partial charge in [-0.2, -0.15) is 0 Å². The van der Waals surface area contributed by atoms with Gasteiger partial charge in [-0.25, -0.2) is 9.59 Å². The first-order valence-corrected chi connectivity index (χ1v) is 13.3. The molecular weight excluding hydrogens is 520 g/mol. The fourth-order valence-corrected chi connectivity index (χ4v) is 6.12. The third-order valence-electron chi connectivity index (χ3n) is 8.11. The first kappa shape index (κ1) is 27.5. The predicted octanol–water partition coefficient (Wildman–Crippen LogP) is 2.52. The third kappa shape index (κ3) is 5.77. The molecular formula is C30H30O10. The van der Waals surface area contributed by atoms with E-state index in [1.807, 2.05) is 12.1 Å². The molecule has 1 N–H and O–H groups in total. The fraction of sp³-hybridized carbons (Fsp3) is 0.433. The standard InChI is InChI=1S/C15H16O5.C15H14O5/c2*16-8-11-10-6-14(17)19-12(10)7-13(11)20-15(18)9-4-2-1-3-5-9/h1-5,10-13,16H,6-8H2;1-5,8,10-13H,6-7H2/t2*10-,11-,12+,13-/m11/s1. The topological polar surface area (TPSA) is 142 Å². The predicted molar refractivity (Wildman–Crippen MR) is 137 cm³/mol. The number of carbonyl (C=O) groups is 5. The summed E-state index contributed by atoms with van der Waals surface area (Å²) in [4.78, 5) is 57.7. The van der Waals surface area contributed by atoms with Crippen LogP contribution in [0.4, 0.5) is 0 Å². The van der Waals surface area contributed by atoms with Crippen LogP contribution < -0.4 is 0 Å². The van der Waals surface area contributed by atoms with Crippen LogP contribution in [0.25, 0.3) is 0 Å². The van der Waals surface area contributed by atoms with Crippen LogP contribution in [0.2, 0.25) is 0 Å². The van der Waals surface area contributed by atoms with E-state index < -0.39 is 30.1 Å². The van der Waals surface area contributed by atoms with E-state index in [-0.39, 0.29) is 54.9 Å². The molecule has 10 nitrogen and oxygen atoms in total. The molecule has 40 heavy (non-hydrogen) atoms. The fourth-order valence-electron chi connectivity index (χ4n) is 6.12. The van der Waals surface area contributed by atoms with Crippen molar-refractivity contribution in [2.24, 2.45) is 23.7 Å².